The Bertz CT molecular complexity index is 192. The maximum absolute atomic E-state index is 11.7. The first-order valence-electron chi connectivity index (χ1n) is 5.52. The molecule has 14 heavy (non-hydrogen) atoms. The van der Waals surface area contributed by atoms with Gasteiger partial charge in [0.2, 0.25) is 0 Å². The number of aliphatic hydroxyl groups is 1. The van der Waals surface area contributed by atoms with Gasteiger partial charge in [-0.3, -0.25) is 9.69 Å². The molecule has 2 unspecified atom stereocenters. The Balaban J connectivity index is 2.50. The topological polar surface area (TPSA) is 40.5 Å². The van der Waals surface area contributed by atoms with E-state index in [2.05, 4.69) is 0 Å². The second-order valence-electron chi connectivity index (χ2n) is 4.37. The van der Waals surface area contributed by atoms with Crippen molar-refractivity contribution < 1.29 is 9.90 Å². The van der Waals surface area contributed by atoms with Crippen molar-refractivity contribution in [1.29, 1.82) is 0 Å². The molecular weight excluding hydrogens is 178 g/mol. The van der Waals surface area contributed by atoms with Gasteiger partial charge in [0, 0.05) is 13.0 Å². The Labute approximate surface area is 86.1 Å². The van der Waals surface area contributed by atoms with Gasteiger partial charge in [0.25, 0.3) is 0 Å². The Kier molecular flexibility index (Phi) is 4.55. The summed E-state index contributed by atoms with van der Waals surface area (Å²) in [5, 5.41) is 9.26. The molecule has 3 nitrogen and oxygen atoms in total. The first-order chi connectivity index (χ1) is 6.61. The van der Waals surface area contributed by atoms with Gasteiger partial charge in [0.1, 0.15) is 5.78 Å². The molecule has 0 bridgehead atoms. The lowest BCUT2D eigenvalue weighted by Gasteiger charge is -2.26. The molecule has 0 aromatic rings. The maximum atomic E-state index is 11.7. The third kappa shape index (κ3) is 3.39. The number of ketones is 1. The van der Waals surface area contributed by atoms with Gasteiger partial charge >= 0.3 is 0 Å². The smallest absolute Gasteiger partial charge is 0.149 e. The molecule has 0 radical (unpaired) electrons. The summed E-state index contributed by atoms with van der Waals surface area (Å²) in [5.74, 6) is 0.352. The van der Waals surface area contributed by atoms with E-state index in [9.17, 15) is 9.90 Å². The molecule has 0 saturated heterocycles. The number of likely N-dealkylation sites (N-methyl/N-ethyl adjacent to an activating group) is 1. The molecule has 0 aliphatic heterocycles. The molecule has 82 valence electrons. The van der Waals surface area contributed by atoms with E-state index >= 15 is 0 Å². The number of carbonyl (C=O) groups excluding carboxylic acids is 1. The summed E-state index contributed by atoms with van der Waals surface area (Å²) in [6, 6.07) is 0.0482. The summed E-state index contributed by atoms with van der Waals surface area (Å²) in [5.41, 5.74) is 0. The molecule has 0 heterocycles. The highest BCUT2D eigenvalue weighted by Gasteiger charge is 2.24. The lowest BCUT2D eigenvalue weighted by molar-refractivity contribution is -0.124. The van der Waals surface area contributed by atoms with Crippen molar-refractivity contribution in [3.63, 3.8) is 0 Å². The Morgan fingerprint density at radius 3 is 2.86 bits per heavy atom. The van der Waals surface area contributed by atoms with Gasteiger partial charge in [-0.25, -0.2) is 0 Å². The van der Waals surface area contributed by atoms with Crippen LogP contribution in [0.25, 0.3) is 0 Å². The number of nitrogens with zero attached hydrogens (tertiary/aromatic N) is 1. The largest absolute Gasteiger partial charge is 0.392 e. The Morgan fingerprint density at radius 2 is 2.21 bits per heavy atom. The van der Waals surface area contributed by atoms with E-state index in [1.807, 2.05) is 11.9 Å². The summed E-state index contributed by atoms with van der Waals surface area (Å²) in [6.45, 7) is 2.36. The molecule has 1 N–H and O–H groups in total. The van der Waals surface area contributed by atoms with Crippen LogP contribution in [0.1, 0.15) is 39.0 Å². The van der Waals surface area contributed by atoms with E-state index in [1.165, 1.54) is 6.42 Å². The highest BCUT2D eigenvalue weighted by molar-refractivity contribution is 5.84. The van der Waals surface area contributed by atoms with Gasteiger partial charge in [0.05, 0.1) is 12.1 Å². The number of rotatable bonds is 3. The van der Waals surface area contributed by atoms with E-state index in [-0.39, 0.29) is 12.1 Å². The Morgan fingerprint density at radius 1 is 1.50 bits per heavy atom. The minimum Gasteiger partial charge on any atom is -0.392 e. The SMILES string of the molecule is CC(O)CN(C)C1CCCCCC1=O. The highest BCUT2D eigenvalue weighted by Crippen LogP contribution is 2.18. The molecule has 1 saturated carbocycles. The van der Waals surface area contributed by atoms with E-state index in [4.69, 9.17) is 0 Å². The molecule has 1 rings (SSSR count). The molecule has 1 aliphatic carbocycles. The summed E-state index contributed by atoms with van der Waals surface area (Å²) < 4.78 is 0. The van der Waals surface area contributed by atoms with Crippen molar-refractivity contribution in [2.75, 3.05) is 13.6 Å². The van der Waals surface area contributed by atoms with Crippen LogP contribution in [0.4, 0.5) is 0 Å². The molecule has 0 aromatic carbocycles. The van der Waals surface area contributed by atoms with Crippen LogP contribution < -0.4 is 0 Å². The van der Waals surface area contributed by atoms with Crippen LogP contribution in [0.15, 0.2) is 0 Å². The van der Waals surface area contributed by atoms with Crippen molar-refractivity contribution in [1.82, 2.24) is 4.90 Å². The normalized spacial score (nSPS) is 26.3. The number of hydrogen-bond acceptors (Lipinski definition) is 3. The standard InChI is InChI=1S/C11H21NO2/c1-9(13)8-12(2)10-6-4-3-5-7-11(10)14/h9-10,13H,3-8H2,1-2H3. The van der Waals surface area contributed by atoms with Crippen molar-refractivity contribution in [3.8, 4) is 0 Å². The summed E-state index contributed by atoms with van der Waals surface area (Å²) in [4.78, 5) is 13.7. The third-order valence-corrected chi connectivity index (χ3v) is 2.86. The first kappa shape index (κ1) is 11.7. The fourth-order valence-electron chi connectivity index (χ4n) is 2.15. The van der Waals surface area contributed by atoms with Crippen molar-refractivity contribution in [2.24, 2.45) is 0 Å². The van der Waals surface area contributed by atoms with E-state index in [0.29, 0.717) is 12.3 Å². The molecule has 0 spiro atoms. The van der Waals surface area contributed by atoms with Crippen LogP contribution in [0.5, 0.6) is 0 Å². The van der Waals surface area contributed by atoms with Crippen LogP contribution in [0.2, 0.25) is 0 Å². The summed E-state index contributed by atoms with van der Waals surface area (Å²) >= 11 is 0. The highest BCUT2D eigenvalue weighted by atomic mass is 16.3. The van der Waals surface area contributed by atoms with Crippen LogP contribution in [-0.2, 0) is 4.79 Å². The lowest BCUT2D eigenvalue weighted by atomic mass is 10.1. The van der Waals surface area contributed by atoms with Gasteiger partial charge in [-0.1, -0.05) is 12.8 Å². The van der Waals surface area contributed by atoms with Gasteiger partial charge in [-0.15, -0.1) is 0 Å². The average molecular weight is 199 g/mol. The average Bonchev–Trinajstić information content (AvgIpc) is 2.28. The zero-order chi connectivity index (χ0) is 10.6. The first-order valence-corrected chi connectivity index (χ1v) is 5.52. The number of carbonyl (C=O) groups is 1. The van der Waals surface area contributed by atoms with Gasteiger partial charge in [-0.2, -0.15) is 0 Å². The predicted molar refractivity (Wildman–Crippen MR) is 56.2 cm³/mol. The zero-order valence-corrected chi connectivity index (χ0v) is 9.20. The minimum atomic E-state index is -0.351. The van der Waals surface area contributed by atoms with Crippen molar-refractivity contribution >= 4 is 5.78 Å². The second kappa shape index (κ2) is 5.47. The van der Waals surface area contributed by atoms with Crippen LogP contribution in [-0.4, -0.2) is 41.5 Å². The monoisotopic (exact) mass is 199 g/mol. The fraction of sp³-hybridized carbons (Fsp3) is 0.909. The fourth-order valence-corrected chi connectivity index (χ4v) is 2.15. The quantitative estimate of drug-likeness (QED) is 0.694. The van der Waals surface area contributed by atoms with Crippen LogP contribution >= 0.6 is 0 Å². The molecule has 0 amide bonds. The molecule has 3 heteroatoms. The minimum absolute atomic E-state index is 0.0482. The molecular formula is C11H21NO2. The second-order valence-corrected chi connectivity index (χ2v) is 4.37. The summed E-state index contributed by atoms with van der Waals surface area (Å²) in [7, 11) is 1.93. The zero-order valence-electron chi connectivity index (χ0n) is 9.20. The van der Waals surface area contributed by atoms with Gasteiger partial charge in [0.15, 0.2) is 0 Å². The number of aliphatic hydroxyl groups excluding tert-OH is 1. The van der Waals surface area contributed by atoms with E-state index in [1.54, 1.807) is 6.92 Å². The van der Waals surface area contributed by atoms with Crippen LogP contribution in [0.3, 0.4) is 0 Å². The molecule has 2 atom stereocenters. The van der Waals surface area contributed by atoms with Crippen molar-refractivity contribution in [3.05, 3.63) is 0 Å². The molecule has 0 aromatic heterocycles. The van der Waals surface area contributed by atoms with Crippen LogP contribution in [0, 0.1) is 0 Å². The van der Waals surface area contributed by atoms with Gasteiger partial charge in [-0.05, 0) is 26.8 Å². The number of Topliss-reactive ketones (excluding diaryl/α,β-unsaturated/α-hetero) is 1. The Hall–Kier alpha value is -0.410. The molecule has 1 aliphatic rings. The summed E-state index contributed by atoms with van der Waals surface area (Å²) in [6.07, 6.45) is 4.68. The molecule has 1 fully saturated rings. The van der Waals surface area contributed by atoms with E-state index < -0.39 is 0 Å². The van der Waals surface area contributed by atoms with E-state index in [0.717, 1.165) is 25.7 Å². The lowest BCUT2D eigenvalue weighted by Crippen LogP contribution is -2.41. The van der Waals surface area contributed by atoms with Gasteiger partial charge < -0.3 is 5.11 Å². The maximum Gasteiger partial charge on any atom is 0.149 e. The third-order valence-electron chi connectivity index (χ3n) is 2.86. The van der Waals surface area contributed by atoms with Crippen molar-refractivity contribution in [2.45, 2.75) is 51.2 Å². The number of hydrogen-bond donors (Lipinski definition) is 1. The predicted octanol–water partition coefficient (Wildman–Crippen LogP) is 1.20.